The van der Waals surface area contributed by atoms with Gasteiger partial charge >= 0.3 is 6.03 Å². The van der Waals surface area contributed by atoms with Crippen molar-refractivity contribution in [3.8, 4) is 28.5 Å². The number of hydrogen-bond acceptors (Lipinski definition) is 7. The quantitative estimate of drug-likeness (QED) is 0.184. The molecule has 2 aromatic carbocycles. The lowest BCUT2D eigenvalue weighted by Crippen LogP contribution is -2.29. The van der Waals surface area contributed by atoms with E-state index in [1.165, 1.54) is 21.3 Å². The Labute approximate surface area is 233 Å². The number of fused-ring (bicyclic) bond motifs is 1. The Hall–Kier alpha value is -3.70. The largest absolute Gasteiger partial charge is 0.493 e. The minimum atomic E-state index is -0.325. The van der Waals surface area contributed by atoms with Crippen molar-refractivity contribution in [1.29, 1.82) is 0 Å². The zero-order valence-corrected chi connectivity index (χ0v) is 23.5. The zero-order chi connectivity index (χ0) is 27.1. The monoisotopic (exact) mass is 602 g/mol. The second-order valence-corrected chi connectivity index (χ2v) is 9.42. The predicted molar refractivity (Wildman–Crippen MR) is 152 cm³/mol. The van der Waals surface area contributed by atoms with Gasteiger partial charge in [-0.2, -0.15) is 9.61 Å². The molecular weight excluding hydrogens is 576 g/mol. The van der Waals surface area contributed by atoms with Crippen LogP contribution in [0.4, 0.5) is 16.3 Å². The van der Waals surface area contributed by atoms with Crippen molar-refractivity contribution in [3.05, 3.63) is 58.2 Å². The third kappa shape index (κ3) is 6.22. The molecule has 38 heavy (non-hydrogen) atoms. The molecule has 3 N–H and O–H groups in total. The van der Waals surface area contributed by atoms with E-state index in [1.807, 2.05) is 30.3 Å². The minimum absolute atomic E-state index is 0.325. The number of nitrogens with one attached hydrogen (secondary N) is 3. The van der Waals surface area contributed by atoms with Crippen LogP contribution in [0.2, 0.25) is 5.02 Å². The molecule has 2 aromatic heterocycles. The molecule has 0 radical (unpaired) electrons. The van der Waals surface area contributed by atoms with Crippen LogP contribution in [0.5, 0.6) is 17.2 Å². The molecule has 0 bridgehead atoms. The Kier molecular flexibility index (Phi) is 9.14. The number of hydrogen-bond donors (Lipinski definition) is 3. The van der Waals surface area contributed by atoms with E-state index in [9.17, 15) is 4.79 Å². The molecule has 0 unspecified atom stereocenters. The fourth-order valence-electron chi connectivity index (χ4n) is 3.87. The molecule has 10 nitrogen and oxygen atoms in total. The molecule has 0 atom stereocenters. The predicted octanol–water partition coefficient (Wildman–Crippen LogP) is 5.85. The second kappa shape index (κ2) is 12.7. The highest BCUT2D eigenvalue weighted by Gasteiger charge is 2.15. The number of methoxy groups -OCH3 is 3. The molecule has 0 aliphatic heterocycles. The van der Waals surface area contributed by atoms with E-state index >= 15 is 0 Å². The maximum atomic E-state index is 12.4. The minimum Gasteiger partial charge on any atom is -0.493 e. The highest BCUT2D eigenvalue weighted by Crippen LogP contribution is 2.40. The van der Waals surface area contributed by atoms with Gasteiger partial charge in [0.05, 0.1) is 43.4 Å². The SMILES string of the molecule is COc1cc(NC(=O)NCCCCNc2cc(-c3ccccc3Cl)nc3c(Br)cnn23)cc(OC)c1OC. The van der Waals surface area contributed by atoms with E-state index in [0.717, 1.165) is 34.4 Å². The lowest BCUT2D eigenvalue weighted by molar-refractivity contribution is 0.252. The van der Waals surface area contributed by atoms with E-state index in [-0.39, 0.29) is 6.03 Å². The molecule has 2 amide bonds. The molecule has 0 saturated heterocycles. The summed E-state index contributed by atoms with van der Waals surface area (Å²) in [5.74, 6) is 2.17. The van der Waals surface area contributed by atoms with Gasteiger partial charge in [-0.3, -0.25) is 0 Å². The third-order valence-corrected chi connectivity index (χ3v) is 6.59. The van der Waals surface area contributed by atoms with Crippen LogP contribution in [0.1, 0.15) is 12.8 Å². The summed E-state index contributed by atoms with van der Waals surface area (Å²) in [7, 11) is 4.57. The molecule has 12 heteroatoms. The Bertz CT molecular complexity index is 1410. The van der Waals surface area contributed by atoms with Crippen LogP contribution in [-0.4, -0.2) is 55.0 Å². The van der Waals surface area contributed by atoms with Gasteiger partial charge in [-0.05, 0) is 34.8 Å². The molecule has 0 aliphatic carbocycles. The first-order valence-electron chi connectivity index (χ1n) is 11.8. The fraction of sp³-hybridized carbons (Fsp3) is 0.269. The van der Waals surface area contributed by atoms with Gasteiger partial charge in [0.1, 0.15) is 5.82 Å². The molecule has 0 fully saturated rings. The van der Waals surface area contributed by atoms with Gasteiger partial charge in [0.2, 0.25) is 5.75 Å². The number of rotatable bonds is 11. The number of anilines is 2. The second-order valence-electron chi connectivity index (χ2n) is 8.16. The maximum Gasteiger partial charge on any atom is 0.319 e. The van der Waals surface area contributed by atoms with E-state index < -0.39 is 0 Å². The standard InChI is InChI=1S/C26H28BrClN6O4/c1-36-21-12-16(13-22(37-2)24(21)38-3)32-26(35)30-11-7-6-10-29-23-14-20(17-8-4-5-9-19(17)28)33-25-18(27)15-31-34(23)25/h4-5,8-9,12-15,29H,6-7,10-11H2,1-3H3,(H2,30,32,35). The van der Waals surface area contributed by atoms with Crippen LogP contribution in [0, 0.1) is 0 Å². The fourth-order valence-corrected chi connectivity index (χ4v) is 4.45. The summed E-state index contributed by atoms with van der Waals surface area (Å²) in [6.07, 6.45) is 3.29. The van der Waals surface area contributed by atoms with Crippen molar-refractivity contribution < 1.29 is 19.0 Å². The van der Waals surface area contributed by atoms with Gasteiger partial charge in [-0.1, -0.05) is 29.8 Å². The number of aromatic nitrogens is 3. The van der Waals surface area contributed by atoms with E-state index in [1.54, 1.807) is 22.8 Å². The smallest absolute Gasteiger partial charge is 0.319 e. The van der Waals surface area contributed by atoms with Gasteiger partial charge in [0, 0.05) is 41.9 Å². The Morgan fingerprint density at radius 2 is 1.74 bits per heavy atom. The van der Waals surface area contributed by atoms with Gasteiger partial charge in [0.25, 0.3) is 0 Å². The third-order valence-electron chi connectivity index (χ3n) is 5.70. The number of urea groups is 1. The molecule has 0 saturated carbocycles. The number of nitrogens with zero attached hydrogens (tertiary/aromatic N) is 3. The summed E-state index contributed by atoms with van der Waals surface area (Å²) in [4.78, 5) is 17.1. The summed E-state index contributed by atoms with van der Waals surface area (Å²) in [5.41, 5.74) is 2.81. The molecule has 0 aliphatic rings. The van der Waals surface area contributed by atoms with E-state index in [0.29, 0.717) is 46.7 Å². The molecule has 4 rings (SSSR count). The van der Waals surface area contributed by atoms with Gasteiger partial charge in [-0.15, -0.1) is 0 Å². The zero-order valence-electron chi connectivity index (χ0n) is 21.2. The van der Waals surface area contributed by atoms with Crippen LogP contribution in [0.15, 0.2) is 53.1 Å². The number of carbonyl (C=O) groups excluding carboxylic acids is 1. The highest BCUT2D eigenvalue weighted by molar-refractivity contribution is 9.10. The number of unbranched alkanes of at least 4 members (excludes halogenated alkanes) is 1. The molecule has 0 spiro atoms. The van der Waals surface area contributed by atoms with Crippen LogP contribution in [0.25, 0.3) is 16.9 Å². The van der Waals surface area contributed by atoms with Gasteiger partial charge in [-0.25, -0.2) is 9.78 Å². The van der Waals surface area contributed by atoms with Crippen molar-refractivity contribution >= 4 is 50.7 Å². The number of amides is 2. The lowest BCUT2D eigenvalue weighted by Gasteiger charge is -2.15. The van der Waals surface area contributed by atoms with Crippen LogP contribution >= 0.6 is 27.5 Å². The number of ether oxygens (including phenoxy) is 3. The van der Waals surface area contributed by atoms with Gasteiger partial charge < -0.3 is 30.2 Å². The van der Waals surface area contributed by atoms with Gasteiger partial charge in [0.15, 0.2) is 17.1 Å². The summed E-state index contributed by atoms with van der Waals surface area (Å²) in [6.45, 7) is 1.18. The molecule has 4 aromatic rings. The molecular formula is C26H28BrClN6O4. The van der Waals surface area contributed by atoms with E-state index in [2.05, 4.69) is 37.0 Å². The van der Waals surface area contributed by atoms with Crippen molar-refractivity contribution in [1.82, 2.24) is 19.9 Å². The first-order valence-corrected chi connectivity index (χ1v) is 13.0. The first-order chi connectivity index (χ1) is 18.4. The summed E-state index contributed by atoms with van der Waals surface area (Å²) in [6, 6.07) is 12.5. The Morgan fingerprint density at radius 3 is 2.42 bits per heavy atom. The topological polar surface area (TPSA) is 111 Å². The average Bonchev–Trinajstić information content (AvgIpc) is 3.30. The summed E-state index contributed by atoms with van der Waals surface area (Å²) < 4.78 is 18.5. The number of halogens is 2. The first kappa shape index (κ1) is 27.3. The summed E-state index contributed by atoms with van der Waals surface area (Å²) >= 11 is 9.92. The van der Waals surface area contributed by atoms with Crippen LogP contribution in [-0.2, 0) is 0 Å². The number of benzene rings is 2. The van der Waals surface area contributed by atoms with Crippen molar-refractivity contribution in [2.45, 2.75) is 12.8 Å². The maximum absolute atomic E-state index is 12.4. The Morgan fingerprint density at radius 1 is 1.03 bits per heavy atom. The highest BCUT2D eigenvalue weighted by atomic mass is 79.9. The molecule has 2 heterocycles. The van der Waals surface area contributed by atoms with E-state index in [4.69, 9.17) is 30.8 Å². The van der Waals surface area contributed by atoms with Crippen LogP contribution < -0.4 is 30.2 Å². The lowest BCUT2D eigenvalue weighted by atomic mass is 10.1. The normalized spacial score (nSPS) is 10.8. The van der Waals surface area contributed by atoms with Crippen molar-refractivity contribution in [2.75, 3.05) is 45.1 Å². The number of carbonyl (C=O) groups is 1. The molecule has 200 valence electrons. The average molecular weight is 604 g/mol. The van der Waals surface area contributed by atoms with Crippen LogP contribution in [0.3, 0.4) is 0 Å². The van der Waals surface area contributed by atoms with Crippen molar-refractivity contribution in [3.63, 3.8) is 0 Å². The van der Waals surface area contributed by atoms with Crippen molar-refractivity contribution in [2.24, 2.45) is 0 Å². The Balaban J connectivity index is 1.31. The summed E-state index contributed by atoms with van der Waals surface area (Å²) in [5, 5.41) is 14.1.